The molecule has 0 aliphatic heterocycles. The van der Waals surface area contributed by atoms with Gasteiger partial charge in [0.1, 0.15) is 5.54 Å². The van der Waals surface area contributed by atoms with Crippen LogP contribution in [0.1, 0.15) is 39.5 Å². The molecule has 0 aromatic rings. The van der Waals surface area contributed by atoms with Crippen molar-refractivity contribution in [3.05, 3.63) is 0 Å². The van der Waals surface area contributed by atoms with Crippen LogP contribution in [-0.2, 0) is 9.53 Å². The molecule has 0 amide bonds. The lowest BCUT2D eigenvalue weighted by Crippen LogP contribution is -2.48. The molecule has 2 fully saturated rings. The van der Waals surface area contributed by atoms with Crippen molar-refractivity contribution in [2.45, 2.75) is 51.1 Å². The zero-order valence-corrected chi connectivity index (χ0v) is 11.8. The number of nitrogens with two attached hydrogens (primary N) is 1. The zero-order valence-electron chi connectivity index (χ0n) is 11.8. The molecule has 2 rings (SSSR count). The maximum absolute atomic E-state index is 11.9. The Bertz CT molecular complexity index is 321. The Labute approximate surface area is 110 Å². The number of hydrogen-bond donors (Lipinski definition) is 1. The first-order valence-electron chi connectivity index (χ1n) is 7.12. The normalized spacial score (nSPS) is 39.1. The largest absolute Gasteiger partial charge is 0.465 e. The highest BCUT2D eigenvalue weighted by Gasteiger charge is 2.45. The predicted molar refractivity (Wildman–Crippen MR) is 71.1 cm³/mol. The summed E-state index contributed by atoms with van der Waals surface area (Å²) in [6, 6.07) is 0.437. The summed E-state index contributed by atoms with van der Waals surface area (Å²) in [6.45, 7) is 5.69. The van der Waals surface area contributed by atoms with Gasteiger partial charge in [-0.15, -0.1) is 0 Å². The Morgan fingerprint density at radius 1 is 1.56 bits per heavy atom. The predicted octanol–water partition coefficient (Wildman–Crippen LogP) is 1.39. The lowest BCUT2D eigenvalue weighted by Gasteiger charge is -2.26. The van der Waals surface area contributed by atoms with Gasteiger partial charge >= 0.3 is 5.97 Å². The van der Waals surface area contributed by atoms with E-state index in [-0.39, 0.29) is 5.97 Å². The van der Waals surface area contributed by atoms with Crippen molar-refractivity contribution in [3.63, 3.8) is 0 Å². The molecule has 4 heteroatoms. The number of ether oxygens (including phenoxy) is 1. The van der Waals surface area contributed by atoms with Gasteiger partial charge in [-0.2, -0.15) is 0 Å². The Morgan fingerprint density at radius 2 is 2.22 bits per heavy atom. The summed E-state index contributed by atoms with van der Waals surface area (Å²) in [6.07, 6.45) is 3.85. The summed E-state index contributed by atoms with van der Waals surface area (Å²) < 4.78 is 5.08. The van der Waals surface area contributed by atoms with Gasteiger partial charge in [0, 0.05) is 12.6 Å². The van der Waals surface area contributed by atoms with E-state index in [2.05, 4.69) is 18.9 Å². The third-order valence-corrected chi connectivity index (χ3v) is 4.63. The second-order valence-corrected chi connectivity index (χ2v) is 6.19. The van der Waals surface area contributed by atoms with Gasteiger partial charge in [-0.25, -0.2) is 0 Å². The van der Waals surface area contributed by atoms with E-state index in [1.54, 1.807) is 0 Å². The third kappa shape index (κ3) is 2.86. The maximum Gasteiger partial charge on any atom is 0.326 e. The van der Waals surface area contributed by atoms with Crippen molar-refractivity contribution in [2.24, 2.45) is 17.6 Å². The molecular weight excluding hydrogens is 228 g/mol. The van der Waals surface area contributed by atoms with Crippen molar-refractivity contribution in [3.8, 4) is 0 Å². The van der Waals surface area contributed by atoms with Crippen LogP contribution in [0.15, 0.2) is 0 Å². The molecule has 4 nitrogen and oxygen atoms in total. The van der Waals surface area contributed by atoms with E-state index in [1.807, 2.05) is 6.92 Å². The summed E-state index contributed by atoms with van der Waals surface area (Å²) in [5.74, 6) is 1.51. The van der Waals surface area contributed by atoms with Gasteiger partial charge in [-0.1, -0.05) is 6.92 Å². The molecule has 4 atom stereocenters. The second kappa shape index (κ2) is 5.17. The molecule has 104 valence electrons. The van der Waals surface area contributed by atoms with E-state index in [9.17, 15) is 4.79 Å². The molecular formula is C14H26N2O2. The van der Waals surface area contributed by atoms with Crippen LogP contribution in [0.3, 0.4) is 0 Å². The Morgan fingerprint density at radius 3 is 2.78 bits per heavy atom. The van der Waals surface area contributed by atoms with Gasteiger partial charge in [-0.05, 0) is 51.5 Å². The number of nitrogens with zero attached hydrogens (tertiary/aromatic N) is 1. The quantitative estimate of drug-likeness (QED) is 0.753. The van der Waals surface area contributed by atoms with E-state index in [1.165, 1.54) is 6.42 Å². The van der Waals surface area contributed by atoms with Crippen molar-refractivity contribution in [1.29, 1.82) is 0 Å². The molecule has 2 aliphatic carbocycles. The average molecular weight is 254 g/mol. The minimum atomic E-state index is -0.746. The van der Waals surface area contributed by atoms with Crippen LogP contribution < -0.4 is 5.73 Å². The van der Waals surface area contributed by atoms with Crippen LogP contribution in [0.25, 0.3) is 0 Å². The van der Waals surface area contributed by atoms with Crippen molar-refractivity contribution in [1.82, 2.24) is 4.90 Å². The standard InChI is InChI=1S/C14H26N2O2/c1-4-18-13(17)14(15)6-5-12(8-14)16(3)9-11-7-10(11)2/h10-12H,4-9,15H2,1-3H3. The fourth-order valence-corrected chi connectivity index (χ4v) is 3.06. The Balaban J connectivity index is 1.84. The van der Waals surface area contributed by atoms with Gasteiger partial charge in [0.05, 0.1) is 6.61 Å². The van der Waals surface area contributed by atoms with Crippen LogP contribution in [-0.4, -0.2) is 42.6 Å². The lowest BCUT2D eigenvalue weighted by atomic mass is 9.99. The fraction of sp³-hybridized carbons (Fsp3) is 0.929. The van der Waals surface area contributed by atoms with Gasteiger partial charge in [0.2, 0.25) is 0 Å². The van der Waals surface area contributed by atoms with Gasteiger partial charge in [0.15, 0.2) is 0 Å². The summed E-state index contributed by atoms with van der Waals surface area (Å²) in [7, 11) is 2.16. The average Bonchev–Trinajstić information content (AvgIpc) is 2.85. The molecule has 0 aromatic carbocycles. The van der Waals surface area contributed by atoms with E-state index in [0.717, 1.165) is 37.6 Å². The number of carbonyl (C=O) groups excluding carboxylic acids is 1. The zero-order chi connectivity index (χ0) is 13.3. The van der Waals surface area contributed by atoms with Crippen LogP contribution in [0.5, 0.6) is 0 Å². The summed E-state index contributed by atoms with van der Waals surface area (Å²) in [5.41, 5.74) is 5.44. The number of rotatable bonds is 5. The highest BCUT2D eigenvalue weighted by Crippen LogP contribution is 2.40. The molecule has 2 aliphatic rings. The van der Waals surface area contributed by atoms with Gasteiger partial charge < -0.3 is 15.4 Å². The lowest BCUT2D eigenvalue weighted by molar-refractivity contribution is -0.149. The monoisotopic (exact) mass is 254 g/mol. The Kier molecular flexibility index (Phi) is 3.97. The van der Waals surface area contributed by atoms with Gasteiger partial charge in [0.25, 0.3) is 0 Å². The molecule has 2 N–H and O–H groups in total. The minimum absolute atomic E-state index is 0.222. The fourth-order valence-electron chi connectivity index (χ4n) is 3.06. The molecule has 4 unspecified atom stereocenters. The first-order chi connectivity index (χ1) is 8.46. The topological polar surface area (TPSA) is 55.6 Å². The van der Waals surface area contributed by atoms with E-state index < -0.39 is 5.54 Å². The summed E-state index contributed by atoms with van der Waals surface area (Å²) >= 11 is 0. The molecule has 0 bridgehead atoms. The van der Waals surface area contributed by atoms with E-state index in [4.69, 9.17) is 10.5 Å². The maximum atomic E-state index is 11.9. The summed E-state index contributed by atoms with van der Waals surface area (Å²) in [5, 5.41) is 0. The first kappa shape index (κ1) is 13.8. The van der Waals surface area contributed by atoms with Crippen LogP contribution in [0.2, 0.25) is 0 Å². The summed E-state index contributed by atoms with van der Waals surface area (Å²) in [4.78, 5) is 14.2. The molecule has 0 saturated heterocycles. The van der Waals surface area contributed by atoms with Crippen molar-refractivity contribution < 1.29 is 9.53 Å². The van der Waals surface area contributed by atoms with Crippen LogP contribution >= 0.6 is 0 Å². The Hall–Kier alpha value is -0.610. The van der Waals surface area contributed by atoms with Gasteiger partial charge in [-0.3, -0.25) is 4.79 Å². The molecule has 18 heavy (non-hydrogen) atoms. The first-order valence-corrected chi connectivity index (χ1v) is 7.12. The van der Waals surface area contributed by atoms with E-state index in [0.29, 0.717) is 12.6 Å². The van der Waals surface area contributed by atoms with E-state index >= 15 is 0 Å². The third-order valence-electron chi connectivity index (χ3n) is 4.63. The second-order valence-electron chi connectivity index (χ2n) is 6.19. The molecule has 2 saturated carbocycles. The van der Waals surface area contributed by atoms with Crippen LogP contribution in [0.4, 0.5) is 0 Å². The highest BCUT2D eigenvalue weighted by molar-refractivity contribution is 5.81. The van der Waals surface area contributed by atoms with Crippen molar-refractivity contribution in [2.75, 3.05) is 20.2 Å². The minimum Gasteiger partial charge on any atom is -0.465 e. The number of hydrogen-bond acceptors (Lipinski definition) is 4. The molecule has 0 spiro atoms. The highest BCUT2D eigenvalue weighted by atomic mass is 16.5. The molecule has 0 heterocycles. The smallest absolute Gasteiger partial charge is 0.326 e. The molecule has 0 radical (unpaired) electrons. The molecule has 0 aromatic heterocycles. The van der Waals surface area contributed by atoms with Crippen LogP contribution in [0, 0.1) is 11.8 Å². The SMILES string of the molecule is CCOC(=O)C1(N)CCC(N(C)CC2CC2C)C1. The van der Waals surface area contributed by atoms with Crippen molar-refractivity contribution >= 4 is 5.97 Å². The number of esters is 1. The number of carbonyl (C=O) groups is 1.